The van der Waals surface area contributed by atoms with Gasteiger partial charge in [0.1, 0.15) is 11.4 Å². The van der Waals surface area contributed by atoms with Crippen LogP contribution in [0.25, 0.3) is 11.3 Å². The Balaban J connectivity index is 2.09. The number of carbonyl (C=O) groups is 2. The monoisotopic (exact) mass is 609 g/mol. The molecule has 0 radical (unpaired) electrons. The number of rotatable bonds is 9. The highest BCUT2D eigenvalue weighted by atomic mass is 35.5. The fourth-order valence-corrected chi connectivity index (χ4v) is 4.07. The summed E-state index contributed by atoms with van der Waals surface area (Å²) < 4.78 is 62.4. The lowest BCUT2D eigenvalue weighted by Crippen LogP contribution is -2.52. The first-order chi connectivity index (χ1) is 19.3. The summed E-state index contributed by atoms with van der Waals surface area (Å²) in [7, 11) is 0. The van der Waals surface area contributed by atoms with Crippen LogP contribution in [-0.2, 0) is 15.9 Å². The number of halogens is 5. The number of nitrogens with one attached hydrogen (secondary N) is 2. The van der Waals surface area contributed by atoms with Gasteiger partial charge in [0.2, 0.25) is 5.60 Å². The van der Waals surface area contributed by atoms with Crippen molar-refractivity contribution in [1.82, 2.24) is 15.6 Å². The first kappa shape index (κ1) is 33.0. The van der Waals surface area contributed by atoms with Crippen molar-refractivity contribution in [3.63, 3.8) is 0 Å². The van der Waals surface area contributed by atoms with E-state index in [0.717, 1.165) is 12.1 Å². The summed E-state index contributed by atoms with van der Waals surface area (Å²) in [6, 6.07) is 14.4. The van der Waals surface area contributed by atoms with Gasteiger partial charge in [0.15, 0.2) is 5.78 Å². The van der Waals surface area contributed by atoms with Gasteiger partial charge < -0.3 is 20.5 Å². The van der Waals surface area contributed by atoms with Crippen molar-refractivity contribution in [1.29, 1.82) is 0 Å². The van der Waals surface area contributed by atoms with E-state index < -0.39 is 47.1 Å². The molecule has 2 aromatic carbocycles. The van der Waals surface area contributed by atoms with Gasteiger partial charge in [-0.1, -0.05) is 41.9 Å². The lowest BCUT2D eigenvalue weighted by molar-refractivity contribution is -0.265. The van der Waals surface area contributed by atoms with Gasteiger partial charge in [-0.25, -0.2) is 14.2 Å². The van der Waals surface area contributed by atoms with E-state index in [-0.39, 0.29) is 34.2 Å². The van der Waals surface area contributed by atoms with E-state index in [1.807, 2.05) is 5.32 Å². The van der Waals surface area contributed by atoms with Crippen LogP contribution in [-0.4, -0.2) is 46.8 Å². The van der Waals surface area contributed by atoms with Gasteiger partial charge >= 0.3 is 12.3 Å². The Bertz CT molecular complexity index is 1440. The molecule has 7 nitrogen and oxygen atoms in total. The molecule has 1 amide bonds. The number of pyridine rings is 1. The molecule has 1 heterocycles. The maximum atomic E-state index is 14.5. The number of ether oxygens (including phenoxy) is 1. The minimum atomic E-state index is -5.30. The van der Waals surface area contributed by atoms with E-state index in [9.17, 15) is 32.3 Å². The van der Waals surface area contributed by atoms with Gasteiger partial charge in [0, 0.05) is 16.7 Å². The van der Waals surface area contributed by atoms with Gasteiger partial charge in [-0.05, 0) is 70.5 Å². The Morgan fingerprint density at radius 2 is 1.62 bits per heavy atom. The molecule has 12 heteroatoms. The van der Waals surface area contributed by atoms with Crippen LogP contribution in [0.5, 0.6) is 0 Å². The second-order valence-electron chi connectivity index (χ2n) is 11.2. The van der Waals surface area contributed by atoms with Gasteiger partial charge in [-0.3, -0.25) is 4.79 Å². The van der Waals surface area contributed by atoms with E-state index in [4.69, 9.17) is 16.3 Å². The second-order valence-corrected chi connectivity index (χ2v) is 11.6. The van der Waals surface area contributed by atoms with Crippen LogP contribution in [0.1, 0.15) is 56.2 Å². The van der Waals surface area contributed by atoms with E-state index >= 15 is 0 Å². The third kappa shape index (κ3) is 8.05. The summed E-state index contributed by atoms with van der Waals surface area (Å²) in [4.78, 5) is 29.0. The molecule has 0 aliphatic carbocycles. The maximum absolute atomic E-state index is 14.5. The topological polar surface area (TPSA) is 101 Å². The number of alkyl halides is 3. The van der Waals surface area contributed by atoms with Gasteiger partial charge in [-0.2, -0.15) is 13.2 Å². The van der Waals surface area contributed by atoms with Crippen molar-refractivity contribution in [2.24, 2.45) is 0 Å². The van der Waals surface area contributed by atoms with Crippen molar-refractivity contribution in [3.05, 3.63) is 88.3 Å². The molecule has 1 unspecified atom stereocenters. The zero-order valence-electron chi connectivity index (χ0n) is 23.7. The van der Waals surface area contributed by atoms with E-state index in [1.165, 1.54) is 39.0 Å². The van der Waals surface area contributed by atoms with Crippen molar-refractivity contribution in [2.75, 3.05) is 13.1 Å². The van der Waals surface area contributed by atoms with Crippen molar-refractivity contribution < 1.29 is 37.0 Å². The van der Waals surface area contributed by atoms with Gasteiger partial charge in [0.25, 0.3) is 0 Å². The molecule has 0 saturated carbocycles. The molecule has 0 spiro atoms. The number of benzene rings is 2. The van der Waals surface area contributed by atoms with E-state index in [1.54, 1.807) is 44.2 Å². The van der Waals surface area contributed by atoms with Crippen molar-refractivity contribution in [3.8, 4) is 11.3 Å². The number of alkyl carbamates (subject to hydrolysis) is 1. The normalized spacial score (nSPS) is 13.8. The molecule has 0 aliphatic heterocycles. The quantitative estimate of drug-likeness (QED) is 0.189. The van der Waals surface area contributed by atoms with Crippen LogP contribution in [0.4, 0.5) is 22.4 Å². The zero-order chi connectivity index (χ0) is 31.5. The number of amides is 1. The predicted molar refractivity (Wildman–Crippen MR) is 151 cm³/mol. The van der Waals surface area contributed by atoms with Crippen LogP contribution < -0.4 is 10.6 Å². The van der Waals surface area contributed by atoms with E-state index in [0.29, 0.717) is 5.56 Å². The zero-order valence-corrected chi connectivity index (χ0v) is 24.5. The van der Waals surface area contributed by atoms with Crippen molar-refractivity contribution >= 4 is 23.5 Å². The smallest absolute Gasteiger partial charge is 0.424 e. The molecule has 3 N–H and O–H groups in total. The summed E-state index contributed by atoms with van der Waals surface area (Å²) in [5.41, 5.74) is -5.87. The number of aliphatic hydroxyl groups is 1. The number of Topliss-reactive ketones (excluding diaryl/α,β-unsaturated/α-hetero) is 1. The SMILES string of the molecule is CC(C)(C)OC(=O)NCC(O)(c1cc(C(C)(C)NCC(=O)c2ccccc2)cc(-c2ccc(F)c(Cl)c2)n1)C(F)(F)F. The molecule has 0 saturated heterocycles. The third-order valence-electron chi connectivity index (χ3n) is 6.33. The van der Waals surface area contributed by atoms with Crippen LogP contribution in [0.15, 0.2) is 60.7 Å². The molecule has 0 bridgehead atoms. The van der Waals surface area contributed by atoms with Crippen LogP contribution in [0.3, 0.4) is 0 Å². The summed E-state index contributed by atoms with van der Waals surface area (Å²) in [5.74, 6) is -0.997. The molecule has 0 aliphatic rings. The summed E-state index contributed by atoms with van der Waals surface area (Å²) >= 11 is 5.93. The highest BCUT2D eigenvalue weighted by Crippen LogP contribution is 2.40. The molecular formula is C30H32ClF4N3O4. The fraction of sp³-hybridized carbons (Fsp3) is 0.367. The third-order valence-corrected chi connectivity index (χ3v) is 6.62. The lowest BCUT2D eigenvalue weighted by atomic mass is 9.88. The Morgan fingerprint density at radius 3 is 2.19 bits per heavy atom. The molecule has 1 aromatic heterocycles. The van der Waals surface area contributed by atoms with Gasteiger partial charge in [-0.15, -0.1) is 0 Å². The second kappa shape index (κ2) is 12.4. The lowest BCUT2D eigenvalue weighted by Gasteiger charge is -2.33. The predicted octanol–water partition coefficient (Wildman–Crippen LogP) is 6.52. The largest absolute Gasteiger partial charge is 0.444 e. The highest BCUT2D eigenvalue weighted by molar-refractivity contribution is 6.31. The minimum Gasteiger partial charge on any atom is -0.444 e. The van der Waals surface area contributed by atoms with Gasteiger partial charge in [0.05, 0.1) is 29.5 Å². The highest BCUT2D eigenvalue weighted by Gasteiger charge is 2.57. The van der Waals surface area contributed by atoms with Crippen LogP contribution >= 0.6 is 11.6 Å². The number of nitrogens with zero attached hydrogens (tertiary/aromatic N) is 1. The Labute approximate surface area is 246 Å². The number of aromatic nitrogens is 1. The van der Waals surface area contributed by atoms with Crippen LogP contribution in [0, 0.1) is 5.82 Å². The summed E-state index contributed by atoms with van der Waals surface area (Å²) in [6.07, 6.45) is -6.47. The minimum absolute atomic E-state index is 0.0615. The number of hydrogen-bond acceptors (Lipinski definition) is 6. The molecule has 1 atom stereocenters. The van der Waals surface area contributed by atoms with E-state index in [2.05, 4.69) is 10.3 Å². The Kier molecular flexibility index (Phi) is 9.71. The molecule has 226 valence electrons. The summed E-state index contributed by atoms with van der Waals surface area (Å²) in [6.45, 7) is 6.40. The average molecular weight is 610 g/mol. The number of hydrogen-bond donors (Lipinski definition) is 3. The van der Waals surface area contributed by atoms with Crippen LogP contribution in [0.2, 0.25) is 5.02 Å². The summed E-state index contributed by atoms with van der Waals surface area (Å²) in [5, 5.41) is 15.8. The first-order valence-corrected chi connectivity index (χ1v) is 13.3. The molecule has 0 fully saturated rings. The molecule has 3 aromatic rings. The Hall–Kier alpha value is -3.54. The van der Waals surface area contributed by atoms with Crippen molar-refractivity contribution in [2.45, 2.75) is 57.5 Å². The maximum Gasteiger partial charge on any atom is 0.424 e. The number of carbonyl (C=O) groups excluding carboxylic acids is 2. The average Bonchev–Trinajstić information content (AvgIpc) is 2.90. The standard InChI is InChI=1S/C30H32ClF4N3O4/c1-27(2,3)42-26(40)36-17-29(41,30(33,34)35)25-15-20(14-23(38-25)19-11-12-22(32)21(31)13-19)28(4,5)37-16-24(39)18-9-7-6-8-10-18/h6-15,37,41H,16-17H2,1-5H3,(H,36,40). The molecule has 42 heavy (non-hydrogen) atoms. The first-order valence-electron chi connectivity index (χ1n) is 12.9. The molecular weight excluding hydrogens is 578 g/mol. The Morgan fingerprint density at radius 1 is 0.976 bits per heavy atom. The number of ketones is 1. The fourth-order valence-electron chi connectivity index (χ4n) is 3.89. The molecule has 3 rings (SSSR count).